The van der Waals surface area contributed by atoms with E-state index in [9.17, 15) is 0 Å². The van der Waals surface area contributed by atoms with Gasteiger partial charge in [-0.15, -0.1) is 0 Å². The Balaban J connectivity index is 2.22. The van der Waals surface area contributed by atoms with Gasteiger partial charge in [-0.25, -0.2) is 9.97 Å². The molecule has 3 heteroatoms. The minimum atomic E-state index is 0.249. The van der Waals surface area contributed by atoms with Gasteiger partial charge in [0.15, 0.2) is 0 Å². The molecule has 1 atom stereocenters. The van der Waals surface area contributed by atoms with Crippen LogP contribution in [0.5, 0.6) is 0 Å². The summed E-state index contributed by atoms with van der Waals surface area (Å²) in [5, 5.41) is 0. The number of aryl methyl sites for hydroxylation is 2. The minimum Gasteiger partial charge on any atom is -0.328 e. The van der Waals surface area contributed by atoms with E-state index in [0.717, 1.165) is 18.7 Å². The summed E-state index contributed by atoms with van der Waals surface area (Å²) in [5.74, 6) is 1.61. The topological polar surface area (TPSA) is 51.8 Å². The van der Waals surface area contributed by atoms with E-state index in [4.69, 9.17) is 5.73 Å². The lowest BCUT2D eigenvalue weighted by atomic mass is 10.0. The number of aromatic nitrogens is 2. The van der Waals surface area contributed by atoms with Gasteiger partial charge in [0.05, 0.1) is 5.69 Å². The maximum Gasteiger partial charge on any atom is 0.125 e. The summed E-state index contributed by atoms with van der Waals surface area (Å²) in [7, 11) is 0. The maximum atomic E-state index is 5.80. The van der Waals surface area contributed by atoms with Gasteiger partial charge in [0.1, 0.15) is 5.82 Å². The summed E-state index contributed by atoms with van der Waals surface area (Å²) in [6, 6.07) is 0.249. The highest BCUT2D eigenvalue weighted by Crippen LogP contribution is 2.40. The first kappa shape index (κ1) is 11.5. The van der Waals surface area contributed by atoms with Crippen molar-refractivity contribution in [2.75, 3.05) is 0 Å². The van der Waals surface area contributed by atoms with Crippen molar-refractivity contribution >= 4 is 0 Å². The van der Waals surface area contributed by atoms with Gasteiger partial charge >= 0.3 is 0 Å². The van der Waals surface area contributed by atoms with Gasteiger partial charge in [-0.1, -0.05) is 0 Å². The van der Waals surface area contributed by atoms with E-state index in [1.807, 2.05) is 13.8 Å². The summed E-state index contributed by atoms with van der Waals surface area (Å²) >= 11 is 0. The van der Waals surface area contributed by atoms with Gasteiger partial charge in [-0.05, 0) is 52.0 Å². The molecule has 2 rings (SSSR count). The Morgan fingerprint density at radius 2 is 2.00 bits per heavy atom. The second-order valence-corrected chi connectivity index (χ2v) is 5.02. The monoisotopic (exact) mass is 219 g/mol. The quantitative estimate of drug-likeness (QED) is 0.845. The van der Waals surface area contributed by atoms with E-state index in [-0.39, 0.29) is 6.04 Å². The highest BCUT2D eigenvalue weighted by Gasteiger charge is 2.28. The molecule has 88 valence electrons. The van der Waals surface area contributed by atoms with E-state index in [0.29, 0.717) is 5.92 Å². The number of hydrogen-bond donors (Lipinski definition) is 1. The van der Waals surface area contributed by atoms with Crippen molar-refractivity contribution in [3.05, 3.63) is 22.8 Å². The van der Waals surface area contributed by atoms with Gasteiger partial charge in [-0.3, -0.25) is 0 Å². The van der Waals surface area contributed by atoms with Crippen LogP contribution < -0.4 is 5.73 Å². The van der Waals surface area contributed by atoms with Crippen molar-refractivity contribution in [3.8, 4) is 0 Å². The van der Waals surface area contributed by atoms with E-state index in [1.165, 1.54) is 29.8 Å². The predicted molar refractivity (Wildman–Crippen MR) is 65.5 cm³/mol. The third kappa shape index (κ3) is 2.59. The second-order valence-electron chi connectivity index (χ2n) is 5.02. The molecule has 1 fully saturated rings. The average molecular weight is 219 g/mol. The molecule has 0 bridgehead atoms. The average Bonchev–Trinajstić information content (AvgIpc) is 3.02. The first-order chi connectivity index (χ1) is 7.58. The summed E-state index contributed by atoms with van der Waals surface area (Å²) in [6.07, 6.45) is 4.57. The summed E-state index contributed by atoms with van der Waals surface area (Å²) < 4.78 is 0. The van der Waals surface area contributed by atoms with Crippen LogP contribution in [0.2, 0.25) is 0 Å². The molecule has 16 heavy (non-hydrogen) atoms. The number of nitrogens with zero attached hydrogens (tertiary/aromatic N) is 2. The first-order valence-corrected chi connectivity index (χ1v) is 6.17. The molecule has 1 aliphatic carbocycles. The summed E-state index contributed by atoms with van der Waals surface area (Å²) in [4.78, 5) is 9.13. The van der Waals surface area contributed by atoms with E-state index in [1.54, 1.807) is 0 Å². The van der Waals surface area contributed by atoms with Gasteiger partial charge in [0, 0.05) is 17.7 Å². The SMILES string of the molecule is Cc1nc(CCC(C)N)c(C)c(C2CC2)n1. The fraction of sp³-hybridized carbons (Fsp3) is 0.692. The molecule has 3 nitrogen and oxygen atoms in total. The lowest BCUT2D eigenvalue weighted by Gasteiger charge is -2.11. The fourth-order valence-electron chi connectivity index (χ4n) is 2.07. The van der Waals surface area contributed by atoms with Gasteiger partial charge in [0.2, 0.25) is 0 Å². The number of rotatable bonds is 4. The second kappa shape index (κ2) is 4.50. The van der Waals surface area contributed by atoms with E-state index < -0.39 is 0 Å². The maximum absolute atomic E-state index is 5.80. The largest absolute Gasteiger partial charge is 0.328 e. The molecular formula is C13H21N3. The lowest BCUT2D eigenvalue weighted by molar-refractivity contribution is 0.651. The van der Waals surface area contributed by atoms with Crippen LogP contribution >= 0.6 is 0 Å². The summed E-state index contributed by atoms with van der Waals surface area (Å²) in [5.41, 5.74) is 9.58. The molecule has 0 aliphatic heterocycles. The predicted octanol–water partition coefficient (Wildman–Crippen LogP) is 2.25. The Kier molecular flexibility index (Phi) is 3.24. The molecule has 1 aromatic rings. The molecule has 0 spiro atoms. The van der Waals surface area contributed by atoms with Crippen LogP contribution in [0.15, 0.2) is 0 Å². The van der Waals surface area contributed by atoms with Crippen LogP contribution in [-0.4, -0.2) is 16.0 Å². The molecule has 0 aromatic carbocycles. The molecular weight excluding hydrogens is 198 g/mol. The van der Waals surface area contributed by atoms with Crippen LogP contribution in [0.1, 0.15) is 54.9 Å². The molecule has 1 aromatic heterocycles. The van der Waals surface area contributed by atoms with Crippen LogP contribution in [-0.2, 0) is 6.42 Å². The molecule has 0 amide bonds. The van der Waals surface area contributed by atoms with E-state index in [2.05, 4.69) is 16.9 Å². The Bertz CT molecular complexity index is 381. The Hall–Kier alpha value is -0.960. The van der Waals surface area contributed by atoms with Crippen molar-refractivity contribution < 1.29 is 0 Å². The third-order valence-corrected chi connectivity index (χ3v) is 3.20. The number of nitrogens with two attached hydrogens (primary N) is 1. The highest BCUT2D eigenvalue weighted by atomic mass is 14.9. The third-order valence-electron chi connectivity index (χ3n) is 3.20. The molecule has 1 saturated carbocycles. The lowest BCUT2D eigenvalue weighted by Crippen LogP contribution is -2.16. The molecule has 2 N–H and O–H groups in total. The van der Waals surface area contributed by atoms with Crippen LogP contribution in [0.4, 0.5) is 0 Å². The van der Waals surface area contributed by atoms with Crippen LogP contribution in [0, 0.1) is 13.8 Å². The standard InChI is InChI=1S/C13H21N3/c1-8(14)4-7-12-9(2)13(11-5-6-11)16-10(3)15-12/h8,11H,4-7,14H2,1-3H3. The number of hydrogen-bond acceptors (Lipinski definition) is 3. The highest BCUT2D eigenvalue weighted by molar-refractivity contribution is 5.30. The smallest absolute Gasteiger partial charge is 0.125 e. The van der Waals surface area contributed by atoms with Crippen molar-refractivity contribution in [1.29, 1.82) is 0 Å². The zero-order chi connectivity index (χ0) is 11.7. The molecule has 1 aliphatic rings. The first-order valence-electron chi connectivity index (χ1n) is 6.17. The fourth-order valence-corrected chi connectivity index (χ4v) is 2.07. The Morgan fingerprint density at radius 1 is 1.31 bits per heavy atom. The molecule has 1 unspecified atom stereocenters. The molecule has 1 heterocycles. The van der Waals surface area contributed by atoms with Crippen LogP contribution in [0.3, 0.4) is 0 Å². The summed E-state index contributed by atoms with van der Waals surface area (Å²) in [6.45, 7) is 6.19. The Morgan fingerprint density at radius 3 is 2.56 bits per heavy atom. The van der Waals surface area contributed by atoms with Gasteiger partial charge < -0.3 is 5.73 Å². The minimum absolute atomic E-state index is 0.249. The zero-order valence-electron chi connectivity index (χ0n) is 10.5. The molecule has 0 radical (unpaired) electrons. The van der Waals surface area contributed by atoms with Gasteiger partial charge in [0.25, 0.3) is 0 Å². The van der Waals surface area contributed by atoms with Crippen molar-refractivity contribution in [2.45, 2.75) is 58.4 Å². The zero-order valence-corrected chi connectivity index (χ0v) is 10.5. The molecule has 0 saturated heterocycles. The Labute approximate surface area is 97.5 Å². The van der Waals surface area contributed by atoms with Crippen LogP contribution in [0.25, 0.3) is 0 Å². The normalized spacial score (nSPS) is 17.5. The van der Waals surface area contributed by atoms with E-state index >= 15 is 0 Å². The van der Waals surface area contributed by atoms with Gasteiger partial charge in [-0.2, -0.15) is 0 Å². The van der Waals surface area contributed by atoms with Crippen molar-refractivity contribution in [1.82, 2.24) is 9.97 Å². The van der Waals surface area contributed by atoms with Crippen molar-refractivity contribution in [3.63, 3.8) is 0 Å². The van der Waals surface area contributed by atoms with Crippen molar-refractivity contribution in [2.24, 2.45) is 5.73 Å².